The molecule has 0 bridgehead atoms. The van der Waals surface area contributed by atoms with Crippen LogP contribution in [0.4, 0.5) is 13.2 Å². The normalized spacial score (nSPS) is 27.7. The third-order valence-electron chi connectivity index (χ3n) is 8.33. The molecule has 34 heavy (non-hydrogen) atoms. The van der Waals surface area contributed by atoms with Crippen LogP contribution in [0.25, 0.3) is 0 Å². The monoisotopic (exact) mass is 481 g/mol. The lowest BCUT2D eigenvalue weighted by Crippen LogP contribution is -2.52. The highest BCUT2D eigenvalue weighted by Gasteiger charge is 2.40. The molecule has 0 unspecified atom stereocenters. The van der Waals surface area contributed by atoms with Crippen LogP contribution in [0.2, 0.25) is 0 Å². The number of ether oxygens (including phenoxy) is 1. The average Bonchev–Trinajstić information content (AvgIpc) is 2.83. The second kappa shape index (κ2) is 11.4. The molecule has 4 rings (SSSR count). The minimum absolute atomic E-state index is 0.0480. The van der Waals surface area contributed by atoms with Crippen LogP contribution in [0.15, 0.2) is 24.3 Å². The van der Waals surface area contributed by atoms with Gasteiger partial charge in [-0.25, -0.2) is 0 Å². The SMILES string of the molecule is O=C(O)C[C@@H]1CC[C@@H](N(CC2CCCCC2)C2CCOCC2)[C@H](c2ccc(C(F)(F)F)cc2)C1. The van der Waals surface area contributed by atoms with Gasteiger partial charge in [0.05, 0.1) is 5.56 Å². The Bertz CT molecular complexity index is 785. The predicted molar refractivity (Wildman–Crippen MR) is 125 cm³/mol. The Labute approximate surface area is 200 Å². The van der Waals surface area contributed by atoms with Crippen LogP contribution in [0.1, 0.15) is 87.7 Å². The minimum Gasteiger partial charge on any atom is -0.481 e. The van der Waals surface area contributed by atoms with Crippen molar-refractivity contribution in [3.63, 3.8) is 0 Å². The van der Waals surface area contributed by atoms with Crippen molar-refractivity contribution in [1.29, 1.82) is 0 Å². The van der Waals surface area contributed by atoms with E-state index in [0.717, 1.165) is 51.0 Å². The molecule has 0 spiro atoms. The van der Waals surface area contributed by atoms with Gasteiger partial charge in [-0.2, -0.15) is 13.2 Å². The molecule has 1 aromatic carbocycles. The Kier molecular flexibility index (Phi) is 8.57. The summed E-state index contributed by atoms with van der Waals surface area (Å²) in [7, 11) is 0. The number of hydrogen-bond acceptors (Lipinski definition) is 3. The summed E-state index contributed by atoms with van der Waals surface area (Å²) in [6.45, 7) is 2.55. The Balaban J connectivity index is 1.61. The van der Waals surface area contributed by atoms with Crippen molar-refractivity contribution in [2.45, 2.75) is 94.8 Å². The molecule has 1 saturated heterocycles. The van der Waals surface area contributed by atoms with Gasteiger partial charge in [0, 0.05) is 38.3 Å². The van der Waals surface area contributed by atoms with E-state index in [2.05, 4.69) is 4.90 Å². The standard InChI is InChI=1S/C27H38F3NO3/c28-27(29,30)22-9-7-21(8-10-22)24-16-20(17-26(32)33)6-11-25(24)31(23-12-14-34-15-13-23)18-19-4-2-1-3-5-19/h7-10,19-20,23-25H,1-6,11-18H2,(H,32,33)/t20-,24+,25-/m1/s1. The van der Waals surface area contributed by atoms with Crippen LogP contribution in [-0.4, -0.2) is 47.8 Å². The zero-order chi connectivity index (χ0) is 24.1. The summed E-state index contributed by atoms with van der Waals surface area (Å²) >= 11 is 0. The van der Waals surface area contributed by atoms with E-state index in [1.54, 1.807) is 12.1 Å². The Morgan fingerprint density at radius 2 is 1.62 bits per heavy atom. The highest BCUT2D eigenvalue weighted by Crippen LogP contribution is 2.43. The van der Waals surface area contributed by atoms with Gasteiger partial charge in [0.1, 0.15) is 0 Å². The van der Waals surface area contributed by atoms with Crippen molar-refractivity contribution in [3.8, 4) is 0 Å². The van der Waals surface area contributed by atoms with Crippen LogP contribution < -0.4 is 0 Å². The van der Waals surface area contributed by atoms with Gasteiger partial charge in [-0.05, 0) is 80.4 Å². The highest BCUT2D eigenvalue weighted by atomic mass is 19.4. The maximum absolute atomic E-state index is 13.2. The van der Waals surface area contributed by atoms with Crippen molar-refractivity contribution >= 4 is 5.97 Å². The number of hydrogen-bond donors (Lipinski definition) is 1. The second-order valence-electron chi connectivity index (χ2n) is 10.6. The molecule has 190 valence electrons. The van der Waals surface area contributed by atoms with Crippen LogP contribution in [0.5, 0.6) is 0 Å². The Morgan fingerprint density at radius 1 is 0.941 bits per heavy atom. The molecular weight excluding hydrogens is 443 g/mol. The van der Waals surface area contributed by atoms with Crippen LogP contribution >= 0.6 is 0 Å². The lowest BCUT2D eigenvalue weighted by atomic mass is 9.72. The second-order valence-corrected chi connectivity index (χ2v) is 10.6. The quantitative estimate of drug-likeness (QED) is 0.483. The molecule has 7 heteroatoms. The topological polar surface area (TPSA) is 49.8 Å². The molecule has 0 amide bonds. The molecule has 3 aliphatic rings. The van der Waals surface area contributed by atoms with Crippen LogP contribution in [0, 0.1) is 11.8 Å². The van der Waals surface area contributed by atoms with Crippen molar-refractivity contribution in [3.05, 3.63) is 35.4 Å². The Morgan fingerprint density at radius 3 is 2.24 bits per heavy atom. The van der Waals surface area contributed by atoms with Gasteiger partial charge < -0.3 is 9.84 Å². The van der Waals surface area contributed by atoms with Gasteiger partial charge in [-0.3, -0.25) is 9.69 Å². The number of benzene rings is 1. The average molecular weight is 482 g/mol. The fourth-order valence-electron chi connectivity index (χ4n) is 6.59. The van der Waals surface area contributed by atoms with Crippen LogP contribution in [0.3, 0.4) is 0 Å². The lowest BCUT2D eigenvalue weighted by Gasteiger charge is -2.48. The van der Waals surface area contributed by atoms with E-state index in [1.807, 2.05) is 0 Å². The first kappa shape index (κ1) is 25.5. The van der Waals surface area contributed by atoms with Crippen molar-refractivity contribution in [2.24, 2.45) is 11.8 Å². The van der Waals surface area contributed by atoms with E-state index in [1.165, 1.54) is 44.2 Å². The fourth-order valence-corrected chi connectivity index (χ4v) is 6.59. The lowest BCUT2D eigenvalue weighted by molar-refractivity contribution is -0.139. The summed E-state index contributed by atoms with van der Waals surface area (Å²) in [4.78, 5) is 14.1. The fraction of sp³-hybridized carbons (Fsp3) is 0.741. The zero-order valence-electron chi connectivity index (χ0n) is 19.9. The molecule has 1 heterocycles. The number of aliphatic carboxylic acids is 1. The molecule has 1 aliphatic heterocycles. The molecule has 4 nitrogen and oxygen atoms in total. The number of halogens is 3. The van der Waals surface area contributed by atoms with Gasteiger partial charge in [0.25, 0.3) is 0 Å². The minimum atomic E-state index is -4.36. The molecule has 0 radical (unpaired) electrons. The highest BCUT2D eigenvalue weighted by molar-refractivity contribution is 5.67. The molecule has 2 saturated carbocycles. The largest absolute Gasteiger partial charge is 0.481 e. The van der Waals surface area contributed by atoms with E-state index in [-0.39, 0.29) is 24.3 Å². The van der Waals surface area contributed by atoms with Crippen molar-refractivity contribution in [1.82, 2.24) is 4.90 Å². The molecular formula is C27H38F3NO3. The molecule has 3 fully saturated rings. The van der Waals surface area contributed by atoms with Crippen molar-refractivity contribution in [2.75, 3.05) is 19.8 Å². The summed E-state index contributed by atoms with van der Waals surface area (Å²) in [5.41, 5.74) is 0.281. The van der Waals surface area contributed by atoms with E-state index in [4.69, 9.17) is 4.74 Å². The number of carboxylic acid groups (broad SMARTS) is 1. The number of carboxylic acids is 1. The number of alkyl halides is 3. The molecule has 3 atom stereocenters. The third kappa shape index (κ3) is 6.54. The van der Waals surface area contributed by atoms with Gasteiger partial charge in [0.2, 0.25) is 0 Å². The van der Waals surface area contributed by atoms with E-state index in [0.29, 0.717) is 18.4 Å². The van der Waals surface area contributed by atoms with E-state index >= 15 is 0 Å². The maximum Gasteiger partial charge on any atom is 0.416 e. The first-order valence-electron chi connectivity index (χ1n) is 13.0. The summed E-state index contributed by atoms with van der Waals surface area (Å²) in [5.74, 6) is -0.0150. The summed E-state index contributed by atoms with van der Waals surface area (Å²) in [6.07, 6.45) is 6.58. The number of nitrogens with zero attached hydrogens (tertiary/aromatic N) is 1. The van der Waals surface area contributed by atoms with Crippen LogP contribution in [-0.2, 0) is 15.7 Å². The first-order chi connectivity index (χ1) is 16.3. The van der Waals surface area contributed by atoms with Gasteiger partial charge in [-0.1, -0.05) is 31.4 Å². The molecule has 1 aromatic rings. The van der Waals surface area contributed by atoms with Crippen molar-refractivity contribution < 1.29 is 27.8 Å². The number of rotatable bonds is 7. The summed E-state index contributed by atoms with van der Waals surface area (Å²) in [6, 6.07) is 6.29. The summed E-state index contributed by atoms with van der Waals surface area (Å²) in [5, 5.41) is 9.39. The zero-order valence-corrected chi connectivity index (χ0v) is 19.9. The van der Waals surface area contributed by atoms with E-state index < -0.39 is 17.7 Å². The van der Waals surface area contributed by atoms with E-state index in [9.17, 15) is 23.1 Å². The van der Waals surface area contributed by atoms with Gasteiger partial charge in [-0.15, -0.1) is 0 Å². The smallest absolute Gasteiger partial charge is 0.416 e. The third-order valence-corrected chi connectivity index (χ3v) is 8.33. The molecule has 2 aliphatic carbocycles. The maximum atomic E-state index is 13.2. The first-order valence-corrected chi connectivity index (χ1v) is 13.0. The molecule has 0 aromatic heterocycles. The predicted octanol–water partition coefficient (Wildman–Crippen LogP) is 6.49. The summed E-state index contributed by atoms with van der Waals surface area (Å²) < 4.78 is 45.2. The Hall–Kier alpha value is -1.60. The molecule has 1 N–H and O–H groups in total. The number of carbonyl (C=O) groups is 1. The van der Waals surface area contributed by atoms with Gasteiger partial charge >= 0.3 is 12.1 Å². The van der Waals surface area contributed by atoms with Gasteiger partial charge in [0.15, 0.2) is 0 Å².